The van der Waals surface area contributed by atoms with Crippen molar-refractivity contribution in [3.63, 3.8) is 0 Å². The molecule has 0 spiro atoms. The Bertz CT molecular complexity index is 1860. The first-order chi connectivity index (χ1) is 21.7. The Kier molecular flexibility index (Phi) is 6.82. The predicted octanol–water partition coefficient (Wildman–Crippen LogP) is 1.75. The van der Waals surface area contributed by atoms with Crippen molar-refractivity contribution in [3.8, 4) is 11.4 Å². The number of rotatable bonds is 8. The van der Waals surface area contributed by atoms with E-state index in [1.807, 2.05) is 16.4 Å². The fraction of sp³-hybridized carbons (Fsp3) is 0.484. The fourth-order valence-electron chi connectivity index (χ4n) is 7.47. The van der Waals surface area contributed by atoms with Crippen LogP contribution in [0.2, 0.25) is 0 Å². The van der Waals surface area contributed by atoms with Crippen molar-refractivity contribution in [2.24, 2.45) is 5.41 Å². The second-order valence-corrected chi connectivity index (χ2v) is 12.6. The van der Waals surface area contributed by atoms with Crippen LogP contribution in [0.5, 0.6) is 5.75 Å². The van der Waals surface area contributed by atoms with Crippen molar-refractivity contribution in [2.45, 2.75) is 65.0 Å². The number of fused-ring (bicyclic) bond motifs is 1. The van der Waals surface area contributed by atoms with Gasteiger partial charge in [0.25, 0.3) is 5.91 Å². The molecule has 1 saturated heterocycles. The first-order valence-corrected chi connectivity index (χ1v) is 15.5. The van der Waals surface area contributed by atoms with Gasteiger partial charge in [-0.3, -0.25) is 19.4 Å². The van der Waals surface area contributed by atoms with Crippen molar-refractivity contribution in [1.29, 1.82) is 0 Å². The summed E-state index contributed by atoms with van der Waals surface area (Å²) in [6.45, 7) is 7.15. The third-order valence-electron chi connectivity index (χ3n) is 9.80. The molecule has 0 radical (unpaired) electrons. The van der Waals surface area contributed by atoms with Gasteiger partial charge in [0.15, 0.2) is 22.6 Å². The number of hydrogen-bond donors (Lipinski definition) is 2. The van der Waals surface area contributed by atoms with E-state index in [4.69, 9.17) is 5.10 Å². The molecule has 234 valence electrons. The summed E-state index contributed by atoms with van der Waals surface area (Å²) in [5, 5.41) is 22.9. The maximum Gasteiger partial charge on any atom is 0.276 e. The minimum absolute atomic E-state index is 0.00760. The predicted molar refractivity (Wildman–Crippen MR) is 164 cm³/mol. The number of aromatic nitrogens is 7. The molecule has 4 fully saturated rings. The molecular formula is C31H36N10O4. The number of nitrogens with one attached hydrogen (secondary N) is 1. The SMILES string of the molecule is CCc1c(N2CCN(C(=O)c3ncnc(C)c3O)CC2)c(=O)c2nn(-c3ccncc3)nc2n1CC(=O)NC12CC(CC)(C1)C2. The zero-order valence-corrected chi connectivity index (χ0v) is 25.7. The molecule has 2 bridgehead atoms. The van der Waals surface area contributed by atoms with Gasteiger partial charge in [-0.15, -0.1) is 15.0 Å². The van der Waals surface area contributed by atoms with Gasteiger partial charge in [0.1, 0.15) is 18.6 Å². The third kappa shape index (κ3) is 4.70. The number of carbonyl (C=O) groups excluding carboxylic acids is 2. The quantitative estimate of drug-likeness (QED) is 0.300. The highest BCUT2D eigenvalue weighted by Crippen LogP contribution is 2.68. The second-order valence-electron chi connectivity index (χ2n) is 12.6. The fourth-order valence-corrected chi connectivity index (χ4v) is 7.47. The van der Waals surface area contributed by atoms with Crippen LogP contribution >= 0.6 is 0 Å². The summed E-state index contributed by atoms with van der Waals surface area (Å²) in [7, 11) is 0. The molecule has 4 aliphatic rings. The summed E-state index contributed by atoms with van der Waals surface area (Å²) in [5.41, 5.74) is 2.60. The molecule has 2 N–H and O–H groups in total. The summed E-state index contributed by atoms with van der Waals surface area (Å²) in [4.78, 5) is 57.9. The molecule has 4 aromatic heterocycles. The highest BCUT2D eigenvalue weighted by Gasteiger charge is 2.67. The van der Waals surface area contributed by atoms with Crippen molar-refractivity contribution >= 4 is 28.7 Å². The van der Waals surface area contributed by atoms with Crippen molar-refractivity contribution in [3.05, 3.63) is 58.2 Å². The maximum absolute atomic E-state index is 14.2. The van der Waals surface area contributed by atoms with Gasteiger partial charge in [0, 0.05) is 49.8 Å². The Morgan fingerprint density at radius 2 is 1.73 bits per heavy atom. The van der Waals surface area contributed by atoms with Gasteiger partial charge in [-0.1, -0.05) is 20.3 Å². The molecule has 0 unspecified atom stereocenters. The summed E-state index contributed by atoms with van der Waals surface area (Å²) in [6.07, 6.45) is 9.17. The number of pyridine rings is 2. The lowest BCUT2D eigenvalue weighted by Gasteiger charge is -2.70. The van der Waals surface area contributed by atoms with E-state index >= 15 is 0 Å². The van der Waals surface area contributed by atoms with Gasteiger partial charge < -0.3 is 24.8 Å². The Morgan fingerprint density at radius 1 is 1.02 bits per heavy atom. The highest BCUT2D eigenvalue weighted by atomic mass is 16.3. The Labute approximate surface area is 259 Å². The van der Waals surface area contributed by atoms with Crippen LogP contribution in [0.3, 0.4) is 0 Å². The topological polar surface area (TPSA) is 164 Å². The summed E-state index contributed by atoms with van der Waals surface area (Å²) >= 11 is 0. The van der Waals surface area contributed by atoms with Crippen LogP contribution in [0.25, 0.3) is 16.9 Å². The number of amides is 2. The zero-order valence-electron chi connectivity index (χ0n) is 25.7. The Hall–Kier alpha value is -4.88. The zero-order chi connectivity index (χ0) is 31.5. The Morgan fingerprint density at radius 3 is 2.40 bits per heavy atom. The van der Waals surface area contributed by atoms with Crippen molar-refractivity contribution in [1.82, 2.24) is 44.7 Å². The van der Waals surface area contributed by atoms with Gasteiger partial charge >= 0.3 is 0 Å². The van der Waals surface area contributed by atoms with Crippen LogP contribution in [0.4, 0.5) is 5.69 Å². The van der Waals surface area contributed by atoms with Crippen LogP contribution in [-0.4, -0.2) is 88.1 Å². The van der Waals surface area contributed by atoms with Crippen LogP contribution in [0.1, 0.15) is 61.4 Å². The molecule has 45 heavy (non-hydrogen) atoms. The normalized spacial score (nSPS) is 22.2. The molecule has 1 aliphatic heterocycles. The minimum Gasteiger partial charge on any atom is -0.504 e. The smallest absolute Gasteiger partial charge is 0.276 e. The molecule has 3 saturated carbocycles. The number of piperazine rings is 1. The molecule has 5 heterocycles. The van der Waals surface area contributed by atoms with Crippen LogP contribution in [0.15, 0.2) is 35.6 Å². The van der Waals surface area contributed by atoms with E-state index < -0.39 is 5.91 Å². The number of nitrogens with zero attached hydrogens (tertiary/aromatic N) is 9. The average molecular weight is 613 g/mol. The number of aromatic hydroxyl groups is 1. The summed E-state index contributed by atoms with van der Waals surface area (Å²) in [6, 6.07) is 3.50. The van der Waals surface area contributed by atoms with Gasteiger partial charge in [-0.25, -0.2) is 9.97 Å². The molecular weight excluding hydrogens is 576 g/mol. The first kappa shape index (κ1) is 28.9. The average Bonchev–Trinajstić information content (AvgIpc) is 3.47. The molecule has 2 amide bonds. The van der Waals surface area contributed by atoms with Gasteiger partial charge in [-0.05, 0) is 50.2 Å². The molecule has 14 heteroatoms. The molecule has 0 atom stereocenters. The van der Waals surface area contributed by atoms with Crippen molar-refractivity contribution < 1.29 is 14.7 Å². The van der Waals surface area contributed by atoms with E-state index in [0.29, 0.717) is 66.4 Å². The minimum atomic E-state index is -0.392. The number of carbonyl (C=O) groups is 2. The van der Waals surface area contributed by atoms with E-state index in [1.165, 1.54) is 11.1 Å². The summed E-state index contributed by atoms with van der Waals surface area (Å²) in [5.74, 6) is -0.735. The molecule has 4 aromatic rings. The largest absolute Gasteiger partial charge is 0.504 e. The van der Waals surface area contributed by atoms with Crippen LogP contribution < -0.4 is 15.6 Å². The lowest BCUT2D eigenvalue weighted by Crippen LogP contribution is -2.74. The maximum atomic E-state index is 14.2. The monoisotopic (exact) mass is 612 g/mol. The second kappa shape index (κ2) is 10.6. The van der Waals surface area contributed by atoms with E-state index in [2.05, 4.69) is 32.3 Å². The lowest BCUT2D eigenvalue weighted by atomic mass is 9.38. The number of aryl methyl sites for hydroxylation is 1. The highest BCUT2D eigenvalue weighted by molar-refractivity contribution is 5.95. The van der Waals surface area contributed by atoms with E-state index in [1.54, 1.807) is 36.4 Å². The molecule has 8 rings (SSSR count). The van der Waals surface area contributed by atoms with E-state index in [-0.39, 0.29) is 40.4 Å². The number of anilines is 1. The van der Waals surface area contributed by atoms with Crippen molar-refractivity contribution in [2.75, 3.05) is 31.1 Å². The van der Waals surface area contributed by atoms with Crippen LogP contribution in [0, 0.1) is 12.3 Å². The van der Waals surface area contributed by atoms with Gasteiger partial charge in [0.05, 0.1) is 11.4 Å². The third-order valence-corrected chi connectivity index (χ3v) is 9.80. The van der Waals surface area contributed by atoms with E-state index in [0.717, 1.165) is 25.7 Å². The Balaban J connectivity index is 1.22. The standard InChI is InChI=1S/C31H36N10O4/c1-4-21-25(38-10-12-39(13-11-38)29(45)24-26(43)19(3)33-18-34-24)27(44)23-28(37-41(36-23)20-6-8-32-9-7-20)40(21)14-22(42)35-31-15-30(5-2,16-31)17-31/h6-9,18,43H,4-5,10-17H2,1-3H3,(H,35,42). The first-order valence-electron chi connectivity index (χ1n) is 15.5. The van der Waals surface area contributed by atoms with Gasteiger partial charge in [0.2, 0.25) is 11.3 Å². The summed E-state index contributed by atoms with van der Waals surface area (Å²) < 4.78 is 1.83. The van der Waals surface area contributed by atoms with Crippen LogP contribution in [-0.2, 0) is 17.8 Å². The number of hydrogen-bond acceptors (Lipinski definition) is 10. The van der Waals surface area contributed by atoms with E-state index in [9.17, 15) is 19.5 Å². The van der Waals surface area contributed by atoms with Gasteiger partial charge in [-0.2, -0.15) is 0 Å². The molecule has 0 aromatic carbocycles. The molecule has 3 aliphatic carbocycles. The lowest BCUT2D eigenvalue weighted by molar-refractivity contribution is -0.166. The molecule has 14 nitrogen and oxygen atoms in total.